The van der Waals surface area contributed by atoms with Crippen molar-refractivity contribution in [3.8, 4) is 17.2 Å². The molecule has 4 nitrogen and oxygen atoms in total. The Morgan fingerprint density at radius 2 is 1.81 bits per heavy atom. The summed E-state index contributed by atoms with van der Waals surface area (Å²) >= 11 is 0. The standard InChI is InChI=1S/C17H21NO3/c1-4-21-13-8-5-7-12(11-13)16(18)14-9-6-10-15(19-2)17(14)20-3/h5-11,16H,4,18H2,1-3H3. The van der Waals surface area contributed by atoms with Crippen molar-refractivity contribution >= 4 is 0 Å². The second kappa shape index (κ2) is 6.99. The van der Waals surface area contributed by atoms with E-state index in [4.69, 9.17) is 19.9 Å². The minimum atomic E-state index is -0.310. The van der Waals surface area contributed by atoms with E-state index >= 15 is 0 Å². The van der Waals surface area contributed by atoms with Crippen LogP contribution >= 0.6 is 0 Å². The van der Waals surface area contributed by atoms with Gasteiger partial charge in [0.25, 0.3) is 0 Å². The highest BCUT2D eigenvalue weighted by molar-refractivity contribution is 5.51. The number of methoxy groups -OCH3 is 2. The lowest BCUT2D eigenvalue weighted by atomic mass is 9.98. The van der Waals surface area contributed by atoms with E-state index in [-0.39, 0.29) is 6.04 Å². The Labute approximate surface area is 125 Å². The van der Waals surface area contributed by atoms with Gasteiger partial charge in [0.1, 0.15) is 5.75 Å². The molecule has 0 spiro atoms. The predicted octanol–water partition coefficient (Wildman–Crippen LogP) is 3.15. The normalized spacial score (nSPS) is 11.8. The van der Waals surface area contributed by atoms with E-state index in [2.05, 4.69) is 0 Å². The van der Waals surface area contributed by atoms with Crippen LogP contribution in [0.3, 0.4) is 0 Å². The second-order valence-corrected chi connectivity index (χ2v) is 4.57. The Morgan fingerprint density at radius 3 is 2.48 bits per heavy atom. The summed E-state index contributed by atoms with van der Waals surface area (Å²) in [6, 6.07) is 13.2. The summed E-state index contributed by atoms with van der Waals surface area (Å²) in [7, 11) is 3.23. The quantitative estimate of drug-likeness (QED) is 0.886. The van der Waals surface area contributed by atoms with Gasteiger partial charge in [-0.2, -0.15) is 0 Å². The lowest BCUT2D eigenvalue weighted by Gasteiger charge is -2.18. The first kappa shape index (κ1) is 15.2. The SMILES string of the molecule is CCOc1cccc(C(N)c2cccc(OC)c2OC)c1. The molecule has 21 heavy (non-hydrogen) atoms. The van der Waals surface area contributed by atoms with Crippen molar-refractivity contribution in [3.63, 3.8) is 0 Å². The van der Waals surface area contributed by atoms with Gasteiger partial charge in [0.05, 0.1) is 26.9 Å². The summed E-state index contributed by atoms with van der Waals surface area (Å²) in [5.74, 6) is 2.15. The number of para-hydroxylation sites is 1. The monoisotopic (exact) mass is 287 g/mol. The predicted molar refractivity (Wildman–Crippen MR) is 83.2 cm³/mol. The molecule has 0 bridgehead atoms. The molecule has 112 valence electrons. The molecule has 0 fully saturated rings. The largest absolute Gasteiger partial charge is 0.494 e. The third-order valence-electron chi connectivity index (χ3n) is 3.30. The molecule has 0 aliphatic heterocycles. The van der Waals surface area contributed by atoms with Crippen molar-refractivity contribution in [3.05, 3.63) is 53.6 Å². The molecule has 0 aromatic heterocycles. The average molecular weight is 287 g/mol. The van der Waals surface area contributed by atoms with Crippen LogP contribution in [-0.2, 0) is 0 Å². The van der Waals surface area contributed by atoms with Crippen molar-refractivity contribution in [1.29, 1.82) is 0 Å². The zero-order valence-electron chi connectivity index (χ0n) is 12.6. The molecule has 1 atom stereocenters. The third kappa shape index (κ3) is 3.28. The van der Waals surface area contributed by atoms with Crippen LogP contribution in [0.25, 0.3) is 0 Å². The molecule has 0 aliphatic rings. The minimum Gasteiger partial charge on any atom is -0.494 e. The van der Waals surface area contributed by atoms with E-state index in [1.165, 1.54) is 0 Å². The van der Waals surface area contributed by atoms with Gasteiger partial charge >= 0.3 is 0 Å². The van der Waals surface area contributed by atoms with Gasteiger partial charge in [-0.15, -0.1) is 0 Å². The summed E-state index contributed by atoms with van der Waals surface area (Å²) in [5.41, 5.74) is 8.24. The smallest absolute Gasteiger partial charge is 0.165 e. The van der Waals surface area contributed by atoms with Crippen LogP contribution in [0.15, 0.2) is 42.5 Å². The molecular weight excluding hydrogens is 266 g/mol. The number of ether oxygens (including phenoxy) is 3. The molecule has 0 heterocycles. The van der Waals surface area contributed by atoms with E-state index < -0.39 is 0 Å². The molecule has 1 unspecified atom stereocenters. The molecule has 0 saturated heterocycles. The first-order chi connectivity index (χ1) is 10.2. The first-order valence-electron chi connectivity index (χ1n) is 6.90. The first-order valence-corrected chi connectivity index (χ1v) is 6.90. The van der Waals surface area contributed by atoms with Gasteiger partial charge in [0.2, 0.25) is 0 Å². The molecule has 0 radical (unpaired) electrons. The molecule has 0 amide bonds. The number of hydrogen-bond acceptors (Lipinski definition) is 4. The Bertz CT molecular complexity index is 598. The molecule has 4 heteroatoms. The summed E-state index contributed by atoms with van der Waals surface area (Å²) in [4.78, 5) is 0. The van der Waals surface area contributed by atoms with Crippen LogP contribution in [0.4, 0.5) is 0 Å². The Hall–Kier alpha value is -2.20. The maximum absolute atomic E-state index is 6.39. The maximum atomic E-state index is 6.39. The fourth-order valence-corrected chi connectivity index (χ4v) is 2.30. The van der Waals surface area contributed by atoms with Crippen molar-refractivity contribution in [2.45, 2.75) is 13.0 Å². The van der Waals surface area contributed by atoms with Crippen molar-refractivity contribution in [2.24, 2.45) is 5.73 Å². The Morgan fingerprint density at radius 1 is 1.05 bits per heavy atom. The minimum absolute atomic E-state index is 0.310. The highest BCUT2D eigenvalue weighted by atomic mass is 16.5. The highest BCUT2D eigenvalue weighted by Crippen LogP contribution is 2.36. The molecule has 2 aromatic rings. The third-order valence-corrected chi connectivity index (χ3v) is 3.30. The molecule has 2 N–H and O–H groups in total. The highest BCUT2D eigenvalue weighted by Gasteiger charge is 2.17. The van der Waals surface area contributed by atoms with Gasteiger partial charge in [-0.05, 0) is 30.7 Å². The van der Waals surface area contributed by atoms with Crippen LogP contribution in [0.2, 0.25) is 0 Å². The number of benzene rings is 2. The zero-order chi connectivity index (χ0) is 15.2. The average Bonchev–Trinajstić information content (AvgIpc) is 2.53. The van der Waals surface area contributed by atoms with Crippen LogP contribution < -0.4 is 19.9 Å². The molecule has 2 rings (SSSR count). The topological polar surface area (TPSA) is 53.7 Å². The van der Waals surface area contributed by atoms with Gasteiger partial charge in [0.15, 0.2) is 11.5 Å². The van der Waals surface area contributed by atoms with Crippen molar-refractivity contribution < 1.29 is 14.2 Å². The fourth-order valence-electron chi connectivity index (χ4n) is 2.30. The van der Waals surface area contributed by atoms with Gasteiger partial charge in [-0.3, -0.25) is 0 Å². The van der Waals surface area contributed by atoms with Crippen molar-refractivity contribution in [1.82, 2.24) is 0 Å². The zero-order valence-corrected chi connectivity index (χ0v) is 12.6. The molecular formula is C17H21NO3. The van der Waals surface area contributed by atoms with Crippen LogP contribution in [0, 0.1) is 0 Å². The van der Waals surface area contributed by atoms with Gasteiger partial charge in [0, 0.05) is 5.56 Å². The van der Waals surface area contributed by atoms with Crippen LogP contribution in [0.5, 0.6) is 17.2 Å². The van der Waals surface area contributed by atoms with E-state index in [1.54, 1.807) is 14.2 Å². The lowest BCUT2D eigenvalue weighted by molar-refractivity contribution is 0.339. The Kier molecular flexibility index (Phi) is 5.06. The summed E-state index contributed by atoms with van der Waals surface area (Å²) in [6.07, 6.45) is 0. The van der Waals surface area contributed by atoms with Crippen molar-refractivity contribution in [2.75, 3.05) is 20.8 Å². The maximum Gasteiger partial charge on any atom is 0.165 e. The van der Waals surface area contributed by atoms with E-state index in [0.717, 1.165) is 16.9 Å². The summed E-state index contributed by atoms with van der Waals surface area (Å²) < 4.78 is 16.3. The van der Waals surface area contributed by atoms with E-state index in [0.29, 0.717) is 18.1 Å². The summed E-state index contributed by atoms with van der Waals surface area (Å²) in [6.45, 7) is 2.58. The second-order valence-electron chi connectivity index (χ2n) is 4.57. The van der Waals surface area contributed by atoms with Crippen LogP contribution in [-0.4, -0.2) is 20.8 Å². The fraction of sp³-hybridized carbons (Fsp3) is 0.294. The van der Waals surface area contributed by atoms with Gasteiger partial charge in [-0.25, -0.2) is 0 Å². The molecule has 2 aromatic carbocycles. The summed E-state index contributed by atoms with van der Waals surface area (Å²) in [5, 5.41) is 0. The van der Waals surface area contributed by atoms with E-state index in [1.807, 2.05) is 49.4 Å². The molecule has 0 aliphatic carbocycles. The number of nitrogens with two attached hydrogens (primary N) is 1. The number of hydrogen-bond donors (Lipinski definition) is 1. The molecule has 0 saturated carbocycles. The van der Waals surface area contributed by atoms with Gasteiger partial charge < -0.3 is 19.9 Å². The van der Waals surface area contributed by atoms with E-state index in [9.17, 15) is 0 Å². The Balaban J connectivity index is 2.39. The van der Waals surface area contributed by atoms with Gasteiger partial charge in [-0.1, -0.05) is 24.3 Å². The lowest BCUT2D eigenvalue weighted by Crippen LogP contribution is -2.13. The van der Waals surface area contributed by atoms with Crippen LogP contribution in [0.1, 0.15) is 24.1 Å². The number of rotatable bonds is 6.